The molecule has 3 rings (SSSR count). The molecule has 2 aromatic carbocycles. The second-order valence-electron chi connectivity index (χ2n) is 5.69. The van der Waals surface area contributed by atoms with Crippen molar-refractivity contribution in [1.29, 1.82) is 0 Å². The highest BCUT2D eigenvalue weighted by Crippen LogP contribution is 2.36. The number of rotatable bonds is 7. The van der Waals surface area contributed by atoms with E-state index in [0.717, 1.165) is 0 Å². The van der Waals surface area contributed by atoms with Gasteiger partial charge < -0.3 is 23.7 Å². The highest BCUT2D eigenvalue weighted by atomic mass is 19.3. The Morgan fingerprint density at radius 3 is 2.34 bits per heavy atom. The van der Waals surface area contributed by atoms with Gasteiger partial charge in [-0.1, -0.05) is 6.07 Å². The molecule has 1 heterocycles. The summed E-state index contributed by atoms with van der Waals surface area (Å²) in [5.74, 6) is 0.527. The average molecular weight is 405 g/mol. The first-order valence-corrected chi connectivity index (χ1v) is 8.33. The van der Waals surface area contributed by atoms with Crippen LogP contribution in [0.4, 0.5) is 8.78 Å². The van der Waals surface area contributed by atoms with E-state index >= 15 is 0 Å². The van der Waals surface area contributed by atoms with Crippen LogP contribution < -0.4 is 18.9 Å². The van der Waals surface area contributed by atoms with E-state index < -0.39 is 12.6 Å². The molecule has 0 amide bonds. The predicted octanol–water partition coefficient (Wildman–Crippen LogP) is 3.66. The van der Waals surface area contributed by atoms with E-state index in [9.17, 15) is 13.6 Å². The maximum absolute atomic E-state index is 12.4. The van der Waals surface area contributed by atoms with Crippen LogP contribution in [-0.2, 0) is 9.53 Å². The summed E-state index contributed by atoms with van der Waals surface area (Å²) < 4.78 is 50.2. The number of methoxy groups -OCH3 is 3. The zero-order valence-electron chi connectivity index (χ0n) is 15.8. The van der Waals surface area contributed by atoms with Gasteiger partial charge in [-0.05, 0) is 30.3 Å². The molecule has 0 N–H and O–H groups in total. The summed E-state index contributed by atoms with van der Waals surface area (Å²) in [4.78, 5) is 16.4. The third-order valence-electron chi connectivity index (χ3n) is 3.95. The molecule has 0 aromatic heterocycles. The number of halogens is 2. The molecule has 0 radical (unpaired) electrons. The molecule has 0 spiro atoms. The maximum atomic E-state index is 12.4. The Labute approximate surface area is 165 Å². The fourth-order valence-electron chi connectivity index (χ4n) is 2.65. The fraction of sp³-hybridized carbons (Fsp3) is 0.200. The van der Waals surface area contributed by atoms with Crippen molar-refractivity contribution in [2.75, 3.05) is 21.3 Å². The third kappa shape index (κ3) is 4.45. The SMILES string of the molecule is COc1cc(OC)c(OC)cc1/C=C1/N=C(c2cccc(OC(F)F)c2)OC1=O. The predicted molar refractivity (Wildman–Crippen MR) is 99.8 cm³/mol. The smallest absolute Gasteiger partial charge is 0.387 e. The topological polar surface area (TPSA) is 75.6 Å². The highest BCUT2D eigenvalue weighted by molar-refractivity contribution is 6.13. The van der Waals surface area contributed by atoms with E-state index in [-0.39, 0.29) is 17.3 Å². The van der Waals surface area contributed by atoms with Gasteiger partial charge in [0.1, 0.15) is 11.5 Å². The normalized spacial score (nSPS) is 14.6. The number of nitrogens with zero attached hydrogens (tertiary/aromatic N) is 1. The monoisotopic (exact) mass is 405 g/mol. The Bertz CT molecular complexity index is 987. The van der Waals surface area contributed by atoms with Gasteiger partial charge in [-0.2, -0.15) is 8.78 Å². The third-order valence-corrected chi connectivity index (χ3v) is 3.95. The summed E-state index contributed by atoms with van der Waals surface area (Å²) in [5.41, 5.74) is 0.835. The number of benzene rings is 2. The first-order valence-electron chi connectivity index (χ1n) is 8.33. The summed E-state index contributed by atoms with van der Waals surface area (Å²) in [6, 6.07) is 8.95. The first kappa shape index (κ1) is 20.1. The number of hydrogen-bond acceptors (Lipinski definition) is 7. The van der Waals surface area contributed by atoms with Gasteiger partial charge in [-0.25, -0.2) is 9.79 Å². The molecule has 0 fully saturated rings. The van der Waals surface area contributed by atoms with Crippen LogP contribution in [-0.4, -0.2) is 39.8 Å². The Hall–Kier alpha value is -3.62. The van der Waals surface area contributed by atoms with E-state index in [1.807, 2.05) is 0 Å². The lowest BCUT2D eigenvalue weighted by Gasteiger charge is -2.12. The number of cyclic esters (lactones) is 1. The Balaban J connectivity index is 1.97. The molecular weight excluding hydrogens is 388 g/mol. The number of hydrogen-bond donors (Lipinski definition) is 0. The average Bonchev–Trinajstić information content (AvgIpc) is 3.07. The number of esters is 1. The second-order valence-corrected chi connectivity index (χ2v) is 5.69. The lowest BCUT2D eigenvalue weighted by atomic mass is 10.1. The van der Waals surface area contributed by atoms with Gasteiger partial charge in [-0.3, -0.25) is 0 Å². The number of carbonyl (C=O) groups is 1. The Kier molecular flexibility index (Phi) is 5.96. The van der Waals surface area contributed by atoms with Crippen molar-refractivity contribution in [1.82, 2.24) is 0 Å². The van der Waals surface area contributed by atoms with Crippen LogP contribution in [0.25, 0.3) is 6.08 Å². The highest BCUT2D eigenvalue weighted by Gasteiger charge is 2.25. The summed E-state index contributed by atoms with van der Waals surface area (Å²) in [7, 11) is 4.45. The molecule has 0 saturated carbocycles. The van der Waals surface area contributed by atoms with Crippen LogP contribution in [0.15, 0.2) is 47.1 Å². The van der Waals surface area contributed by atoms with Crippen molar-refractivity contribution in [3.63, 3.8) is 0 Å². The molecule has 1 aliphatic heterocycles. The van der Waals surface area contributed by atoms with Gasteiger partial charge in [-0.15, -0.1) is 0 Å². The zero-order valence-corrected chi connectivity index (χ0v) is 15.8. The summed E-state index contributed by atoms with van der Waals surface area (Å²) in [5, 5.41) is 0. The maximum Gasteiger partial charge on any atom is 0.387 e. The van der Waals surface area contributed by atoms with Gasteiger partial charge in [0.25, 0.3) is 0 Å². The minimum Gasteiger partial charge on any atom is -0.496 e. The van der Waals surface area contributed by atoms with Gasteiger partial charge in [0.2, 0.25) is 5.90 Å². The largest absolute Gasteiger partial charge is 0.496 e. The Morgan fingerprint density at radius 1 is 1.00 bits per heavy atom. The molecule has 0 saturated heterocycles. The van der Waals surface area contributed by atoms with E-state index in [4.69, 9.17) is 18.9 Å². The van der Waals surface area contributed by atoms with Crippen LogP contribution in [0.1, 0.15) is 11.1 Å². The van der Waals surface area contributed by atoms with Gasteiger partial charge in [0.15, 0.2) is 17.2 Å². The second kappa shape index (κ2) is 8.59. The van der Waals surface area contributed by atoms with Gasteiger partial charge in [0.05, 0.1) is 21.3 Å². The van der Waals surface area contributed by atoms with Crippen molar-refractivity contribution in [2.24, 2.45) is 4.99 Å². The molecule has 29 heavy (non-hydrogen) atoms. The molecule has 9 heteroatoms. The van der Waals surface area contributed by atoms with Crippen LogP contribution in [0.5, 0.6) is 23.0 Å². The molecule has 0 aliphatic carbocycles. The van der Waals surface area contributed by atoms with Crippen LogP contribution in [0, 0.1) is 0 Å². The lowest BCUT2D eigenvalue weighted by Crippen LogP contribution is -2.07. The van der Waals surface area contributed by atoms with Crippen LogP contribution in [0.2, 0.25) is 0 Å². The Morgan fingerprint density at radius 2 is 1.69 bits per heavy atom. The number of carbonyl (C=O) groups excluding carboxylic acids is 1. The molecule has 0 atom stereocenters. The van der Waals surface area contributed by atoms with Crippen molar-refractivity contribution in [2.45, 2.75) is 6.61 Å². The van der Waals surface area contributed by atoms with Crippen molar-refractivity contribution in [3.8, 4) is 23.0 Å². The number of ether oxygens (including phenoxy) is 5. The van der Waals surface area contributed by atoms with E-state index in [1.165, 1.54) is 45.6 Å². The molecule has 0 bridgehead atoms. The van der Waals surface area contributed by atoms with Crippen LogP contribution >= 0.6 is 0 Å². The lowest BCUT2D eigenvalue weighted by molar-refractivity contribution is -0.129. The summed E-state index contributed by atoms with van der Waals surface area (Å²) >= 11 is 0. The van der Waals surface area contributed by atoms with Crippen molar-refractivity contribution in [3.05, 3.63) is 53.2 Å². The molecule has 0 unspecified atom stereocenters. The summed E-state index contributed by atoms with van der Waals surface area (Å²) in [6.45, 7) is -2.97. The quantitative estimate of drug-likeness (QED) is 0.517. The summed E-state index contributed by atoms with van der Waals surface area (Å²) in [6.07, 6.45) is 1.47. The van der Waals surface area contributed by atoms with Gasteiger partial charge in [0, 0.05) is 17.2 Å². The zero-order chi connectivity index (χ0) is 21.0. The van der Waals surface area contributed by atoms with E-state index in [2.05, 4.69) is 9.73 Å². The number of aliphatic imine (C=N–C) groups is 1. The molecule has 2 aromatic rings. The number of alkyl halides is 2. The fourth-order valence-corrected chi connectivity index (χ4v) is 2.65. The standard InChI is InChI=1S/C20H17F2NO6/c1-25-15-10-17(27-3)16(26-2)9-12(15)8-14-19(24)29-18(23-14)11-5-4-6-13(7-11)28-20(21)22/h4-10,20H,1-3H3/b14-8+. The molecular formula is C20H17F2NO6. The van der Waals surface area contributed by atoms with Crippen molar-refractivity contribution >= 4 is 17.9 Å². The van der Waals surface area contributed by atoms with Gasteiger partial charge >= 0.3 is 12.6 Å². The first-order chi connectivity index (χ1) is 13.9. The minimum atomic E-state index is -2.97. The van der Waals surface area contributed by atoms with E-state index in [1.54, 1.807) is 18.2 Å². The van der Waals surface area contributed by atoms with Crippen molar-refractivity contribution < 1.29 is 37.3 Å². The molecule has 7 nitrogen and oxygen atoms in total. The molecule has 1 aliphatic rings. The minimum absolute atomic E-state index is 0.00528. The van der Waals surface area contributed by atoms with Crippen LogP contribution in [0.3, 0.4) is 0 Å². The van der Waals surface area contributed by atoms with E-state index in [0.29, 0.717) is 28.4 Å². The molecule has 152 valence electrons.